The molecule has 20 rings (SSSR count). The van der Waals surface area contributed by atoms with E-state index in [0.717, 1.165) is 112 Å². The number of amides is 5. The lowest BCUT2D eigenvalue weighted by Gasteiger charge is -2.26. The molecule has 0 atom stereocenters. The normalized spacial score (nSPS) is 15.3. The summed E-state index contributed by atoms with van der Waals surface area (Å²) in [6.45, 7) is 3.25. The Morgan fingerprint density at radius 1 is 0.400 bits per heavy atom. The lowest BCUT2D eigenvalue weighted by Crippen LogP contribution is -2.41. The fraction of sp³-hybridized carbons (Fsp3) is 0.232. The van der Waals surface area contributed by atoms with Gasteiger partial charge in [-0.1, -0.05) is 110 Å². The number of carbonyl (C=O) groups excluding carboxylic acids is 5. The van der Waals surface area contributed by atoms with Gasteiger partial charge in [-0.3, -0.25) is 48.9 Å². The molecule has 2 saturated carbocycles. The van der Waals surface area contributed by atoms with Crippen LogP contribution in [-0.4, -0.2) is 151 Å². The van der Waals surface area contributed by atoms with E-state index in [-0.39, 0.29) is 29.5 Å². The van der Waals surface area contributed by atoms with E-state index in [1.807, 2.05) is 121 Å². The molecule has 27 nitrogen and oxygen atoms in total. The van der Waals surface area contributed by atoms with Crippen LogP contribution in [0.2, 0.25) is 0 Å². The van der Waals surface area contributed by atoms with Crippen molar-refractivity contribution in [3.8, 4) is 0 Å². The number of benzene rings is 5. The smallest absolute Gasteiger partial charge is 0.272 e. The average molecular weight is 1490 g/mol. The van der Waals surface area contributed by atoms with Crippen LogP contribution in [0.15, 0.2) is 218 Å². The number of furan rings is 1. The van der Waals surface area contributed by atoms with Gasteiger partial charge < -0.3 is 60.2 Å². The number of carbonyl (C=O) groups is 5. The van der Waals surface area contributed by atoms with Crippen LogP contribution >= 0.6 is 11.3 Å². The third kappa shape index (κ3) is 16.4. The van der Waals surface area contributed by atoms with E-state index < -0.39 is 0 Å². The SMILES string of the molecule is O=C(NC1CC1)c1[nH]cnc1C1=Nc2ccccc2C1.O=C(NC1CCCC1)c1[nH]cnc1C1=Nc2ccccc2C1.O=C(NCc1ccco1)c1[nH]cnc1C1=Nc2ccccc2C1.O=C(NCc1cccs1)c1[nH]cnc1C1=Nc2ccccc2C1.O=C(c1[nH]cnc1C1=Nc2ccccc2C1)N1CCOCC1. The Hall–Kier alpha value is -13.2. The van der Waals surface area contributed by atoms with Gasteiger partial charge in [0.05, 0.1) is 121 Å². The molecule has 5 amide bonds. The van der Waals surface area contributed by atoms with Gasteiger partial charge in [-0.25, -0.2) is 24.9 Å². The third-order valence-electron chi connectivity index (χ3n) is 19.6. The van der Waals surface area contributed by atoms with Crippen molar-refractivity contribution in [3.05, 3.63) is 284 Å². The zero-order valence-electron chi connectivity index (χ0n) is 59.8. The number of ether oxygens (including phenoxy) is 1. The lowest BCUT2D eigenvalue weighted by atomic mass is 10.1. The van der Waals surface area contributed by atoms with Gasteiger partial charge in [0.15, 0.2) is 0 Å². The second kappa shape index (κ2) is 32.9. The van der Waals surface area contributed by atoms with E-state index in [0.29, 0.717) is 133 Å². The number of nitrogens with zero attached hydrogens (tertiary/aromatic N) is 11. The van der Waals surface area contributed by atoms with Crippen molar-refractivity contribution in [3.63, 3.8) is 0 Å². The summed E-state index contributed by atoms with van der Waals surface area (Å²) >= 11 is 1.62. The molecular weight excluding hydrogens is 1410 g/mol. The predicted molar refractivity (Wildman–Crippen MR) is 417 cm³/mol. The number of aromatic amines is 5. The van der Waals surface area contributed by atoms with Crippen molar-refractivity contribution < 1.29 is 33.1 Å². The van der Waals surface area contributed by atoms with Crippen LogP contribution in [-0.2, 0) is 49.9 Å². The second-order valence-electron chi connectivity index (χ2n) is 27.1. The molecule has 0 radical (unpaired) electrons. The van der Waals surface area contributed by atoms with Gasteiger partial charge in [-0.2, -0.15) is 0 Å². The molecule has 9 N–H and O–H groups in total. The molecule has 552 valence electrons. The van der Waals surface area contributed by atoms with Gasteiger partial charge in [0.25, 0.3) is 29.5 Å². The topological polar surface area (TPSA) is 364 Å². The maximum Gasteiger partial charge on any atom is 0.272 e. The number of nitrogens with one attached hydrogen (secondary N) is 9. The van der Waals surface area contributed by atoms with Crippen LogP contribution in [0.1, 0.15) is 158 Å². The Balaban J connectivity index is 0.000000105. The average Bonchev–Trinajstić information content (AvgIpc) is 1.68. The molecular formula is C82H76N20O7S. The Labute approximate surface area is 635 Å². The molecule has 28 heteroatoms. The Bertz CT molecular complexity index is 5370. The largest absolute Gasteiger partial charge is 0.467 e. The summed E-state index contributed by atoms with van der Waals surface area (Å²) in [5.41, 5.74) is 20.5. The molecule has 0 spiro atoms. The summed E-state index contributed by atoms with van der Waals surface area (Å²) in [5.74, 6) is 0.119. The fourth-order valence-electron chi connectivity index (χ4n) is 13.9. The minimum atomic E-state index is -0.229. The van der Waals surface area contributed by atoms with Gasteiger partial charge in [-0.15, -0.1) is 11.3 Å². The number of thiophene rings is 1. The van der Waals surface area contributed by atoms with E-state index in [1.165, 1.54) is 35.9 Å². The summed E-state index contributed by atoms with van der Waals surface area (Å²) in [7, 11) is 0. The standard InChI is InChI=1S/C17H14N4O2.C17H14N4OS.C17H18N4O.C16H16N4O2.C15H14N4O/c2*22-17(18-9-12-5-3-7-23-12)16-15(19-10-20-16)14-8-11-4-1-2-6-13(11)21-14;22-17(20-12-6-2-3-7-12)16-15(18-10-19-16)14-9-11-5-1-4-8-13(11)21-14;21-16(20-5-7-22-8-6-20)15-14(17-10-18-15)13-9-11-3-1-2-4-12(11)19-13;20-15(18-10-5-6-10)14-13(16-8-17-14)12-7-9-3-1-2-4-11(9)19-12/h2*1-7,10H,8-9H2,(H,18,22)(H,19,20);1,4-5,8,10,12H,2-3,6-7,9H2,(H,18,19)(H,20,22);1-4,10H,5-9H2,(H,17,18);1-4,8,10H,5-7H2,(H,16,17)(H,18,20). The van der Waals surface area contributed by atoms with Crippen LogP contribution in [0.3, 0.4) is 0 Å². The number of rotatable bonds is 16. The summed E-state index contributed by atoms with van der Waals surface area (Å²) in [5, 5.41) is 13.8. The number of morpholine rings is 1. The summed E-state index contributed by atoms with van der Waals surface area (Å²) < 4.78 is 10.5. The highest BCUT2D eigenvalue weighted by Crippen LogP contribution is 2.34. The highest BCUT2D eigenvalue weighted by Gasteiger charge is 2.32. The zero-order valence-corrected chi connectivity index (χ0v) is 60.6. The second-order valence-corrected chi connectivity index (χ2v) is 28.1. The molecule has 12 aromatic rings. The quantitative estimate of drug-likeness (QED) is 0.0436. The molecule has 110 heavy (non-hydrogen) atoms. The number of imidazole rings is 5. The first-order chi connectivity index (χ1) is 54.1. The van der Waals surface area contributed by atoms with E-state index in [9.17, 15) is 24.0 Å². The molecule has 3 fully saturated rings. The summed E-state index contributed by atoms with van der Waals surface area (Å²) in [4.78, 5) is 124. The lowest BCUT2D eigenvalue weighted by molar-refractivity contribution is 0.0299. The van der Waals surface area contributed by atoms with Crippen molar-refractivity contribution in [2.24, 2.45) is 25.0 Å². The molecule has 6 aliphatic heterocycles. The molecule has 5 aromatic carbocycles. The first-order valence-electron chi connectivity index (χ1n) is 36.6. The van der Waals surface area contributed by atoms with Crippen LogP contribution < -0.4 is 21.3 Å². The van der Waals surface area contributed by atoms with Crippen molar-refractivity contribution in [2.75, 3.05) is 26.3 Å². The summed E-state index contributed by atoms with van der Waals surface area (Å²) in [6, 6.07) is 48.2. The number of hydrogen-bond donors (Lipinski definition) is 9. The van der Waals surface area contributed by atoms with Crippen LogP contribution in [0.25, 0.3) is 0 Å². The Morgan fingerprint density at radius 2 is 0.755 bits per heavy atom. The van der Waals surface area contributed by atoms with Crippen molar-refractivity contribution >= 4 is 97.9 Å². The van der Waals surface area contributed by atoms with Crippen molar-refractivity contribution in [1.29, 1.82) is 0 Å². The number of hydrogen-bond acceptors (Lipinski definition) is 18. The molecule has 1 saturated heterocycles. The third-order valence-corrected chi connectivity index (χ3v) is 20.5. The number of fused-ring (bicyclic) bond motifs is 5. The number of aromatic nitrogens is 10. The minimum Gasteiger partial charge on any atom is -0.467 e. The molecule has 0 bridgehead atoms. The van der Waals surface area contributed by atoms with Gasteiger partial charge in [0.2, 0.25) is 0 Å². The Kier molecular flexibility index (Phi) is 21.2. The van der Waals surface area contributed by atoms with E-state index >= 15 is 0 Å². The highest BCUT2D eigenvalue weighted by molar-refractivity contribution is 7.09. The molecule has 7 aromatic heterocycles. The number of H-pyrrole nitrogens is 5. The Morgan fingerprint density at radius 3 is 1.11 bits per heavy atom. The maximum atomic E-state index is 12.7. The van der Waals surface area contributed by atoms with E-state index in [2.05, 4.69) is 120 Å². The van der Waals surface area contributed by atoms with Crippen LogP contribution in [0.5, 0.6) is 0 Å². The van der Waals surface area contributed by atoms with Crippen LogP contribution in [0.4, 0.5) is 28.4 Å². The van der Waals surface area contributed by atoms with Crippen molar-refractivity contribution in [1.82, 2.24) is 76.0 Å². The molecule has 8 aliphatic rings. The minimum absolute atomic E-state index is 0.0329. The predicted octanol–water partition coefficient (Wildman–Crippen LogP) is 12.0. The van der Waals surface area contributed by atoms with E-state index in [4.69, 9.17) is 9.15 Å². The number of aliphatic imine (C=N–C) groups is 5. The fourth-order valence-corrected chi connectivity index (χ4v) is 14.5. The maximum absolute atomic E-state index is 12.7. The molecule has 13 heterocycles. The van der Waals surface area contributed by atoms with Crippen LogP contribution in [0, 0.1) is 0 Å². The number of para-hydroxylation sites is 5. The van der Waals surface area contributed by atoms with E-state index in [1.54, 1.807) is 53.9 Å². The van der Waals surface area contributed by atoms with Gasteiger partial charge in [0, 0.05) is 62.2 Å². The molecule has 2 aliphatic carbocycles. The van der Waals surface area contributed by atoms with Gasteiger partial charge in [0.1, 0.15) is 62.7 Å². The molecule has 0 unspecified atom stereocenters. The summed E-state index contributed by atoms with van der Waals surface area (Å²) in [6.07, 6.45) is 19.6. The van der Waals surface area contributed by atoms with Gasteiger partial charge >= 0.3 is 0 Å². The first-order valence-corrected chi connectivity index (χ1v) is 37.5. The highest BCUT2D eigenvalue weighted by atomic mass is 32.1. The van der Waals surface area contributed by atoms with Gasteiger partial charge in [-0.05, 0) is 107 Å². The monoisotopic (exact) mass is 1480 g/mol. The first kappa shape index (κ1) is 71.1. The van der Waals surface area contributed by atoms with Crippen molar-refractivity contribution in [2.45, 2.75) is 95.8 Å². The zero-order chi connectivity index (χ0) is 74.7.